The van der Waals surface area contributed by atoms with Gasteiger partial charge in [0.25, 0.3) is 0 Å². The third-order valence-corrected chi connectivity index (χ3v) is 11.2. The van der Waals surface area contributed by atoms with E-state index in [1.54, 1.807) is 0 Å². The van der Waals surface area contributed by atoms with Crippen molar-refractivity contribution in [2.24, 2.45) is 0 Å². The van der Waals surface area contributed by atoms with Gasteiger partial charge in [-0.05, 0) is 90.7 Å². The molecule has 8 aromatic carbocycles. The average molecular weight is 703 g/mol. The van der Waals surface area contributed by atoms with Crippen LogP contribution in [0.4, 0.5) is 0 Å². The summed E-state index contributed by atoms with van der Waals surface area (Å²) in [5, 5.41) is 2.50. The molecule has 0 spiro atoms. The highest BCUT2D eigenvalue weighted by molar-refractivity contribution is 6.00. The molecule has 1 heterocycles. The molecule has 2 heteroatoms. The van der Waals surface area contributed by atoms with Gasteiger partial charge in [0.15, 0.2) is 5.82 Å². The lowest BCUT2D eigenvalue weighted by molar-refractivity contribution is 0.641. The Morgan fingerprint density at radius 2 is 0.800 bits per heavy atom. The van der Waals surface area contributed by atoms with Crippen LogP contribution in [0.25, 0.3) is 89.1 Å². The molecule has 2 nitrogen and oxygen atoms in total. The summed E-state index contributed by atoms with van der Waals surface area (Å²) in [5.41, 5.74) is 16.8. The summed E-state index contributed by atoms with van der Waals surface area (Å²) in [6.45, 7) is 4.64. The van der Waals surface area contributed by atoms with E-state index in [9.17, 15) is 0 Å². The Labute approximate surface area is 322 Å². The zero-order chi connectivity index (χ0) is 36.9. The summed E-state index contributed by atoms with van der Waals surface area (Å²) < 4.78 is 0. The van der Waals surface area contributed by atoms with Crippen LogP contribution >= 0.6 is 0 Å². The second-order valence-electron chi connectivity index (χ2n) is 15.0. The third kappa shape index (κ3) is 5.75. The van der Waals surface area contributed by atoms with E-state index >= 15 is 0 Å². The topological polar surface area (TPSA) is 25.8 Å². The first-order valence-electron chi connectivity index (χ1n) is 19.0. The normalized spacial score (nSPS) is 12.7. The molecule has 0 aliphatic heterocycles. The molecule has 0 fully saturated rings. The van der Waals surface area contributed by atoms with Crippen molar-refractivity contribution in [1.82, 2.24) is 9.97 Å². The van der Waals surface area contributed by atoms with Crippen molar-refractivity contribution in [3.05, 3.63) is 205 Å². The molecule has 1 aromatic heterocycles. The molecule has 0 atom stereocenters. The van der Waals surface area contributed by atoms with Crippen molar-refractivity contribution in [2.75, 3.05) is 0 Å². The smallest absolute Gasteiger partial charge is 0.160 e. The largest absolute Gasteiger partial charge is 0.231 e. The Hall–Kier alpha value is -6.90. The average Bonchev–Trinajstić information content (AvgIpc) is 3.50. The van der Waals surface area contributed by atoms with Gasteiger partial charge in [0.05, 0.1) is 11.4 Å². The Morgan fingerprint density at radius 3 is 1.38 bits per heavy atom. The van der Waals surface area contributed by atoms with Gasteiger partial charge in [0, 0.05) is 22.1 Å². The molecule has 0 radical (unpaired) electrons. The van der Waals surface area contributed by atoms with E-state index in [4.69, 9.17) is 9.97 Å². The van der Waals surface area contributed by atoms with Crippen LogP contribution in [0.3, 0.4) is 0 Å². The van der Waals surface area contributed by atoms with Crippen molar-refractivity contribution < 1.29 is 0 Å². The minimum atomic E-state index is -0.346. The maximum absolute atomic E-state index is 5.52. The van der Waals surface area contributed by atoms with Crippen LogP contribution in [0.1, 0.15) is 25.1 Å². The lowest BCUT2D eigenvalue weighted by atomic mass is 9.82. The molecule has 1 aliphatic rings. The Kier molecular flexibility index (Phi) is 7.85. The number of aromatic nitrogens is 2. The fourth-order valence-electron chi connectivity index (χ4n) is 8.48. The highest BCUT2D eigenvalue weighted by atomic mass is 14.9. The van der Waals surface area contributed by atoms with E-state index < -0.39 is 0 Å². The summed E-state index contributed by atoms with van der Waals surface area (Å²) in [7, 11) is 0. The lowest BCUT2D eigenvalue weighted by Crippen LogP contribution is -2.18. The number of fused-ring (bicyclic) bond motifs is 5. The zero-order valence-electron chi connectivity index (χ0n) is 30.9. The first-order valence-corrected chi connectivity index (χ1v) is 19.0. The van der Waals surface area contributed by atoms with Crippen molar-refractivity contribution in [1.29, 1.82) is 0 Å². The summed E-state index contributed by atoms with van der Waals surface area (Å²) in [4.78, 5) is 11.0. The van der Waals surface area contributed by atoms with Gasteiger partial charge in [0.2, 0.25) is 0 Å². The maximum atomic E-state index is 5.52. The van der Waals surface area contributed by atoms with Gasteiger partial charge in [0.1, 0.15) is 0 Å². The van der Waals surface area contributed by atoms with Crippen molar-refractivity contribution in [3.63, 3.8) is 0 Å². The number of hydrogen-bond donors (Lipinski definition) is 0. The van der Waals surface area contributed by atoms with E-state index in [0.29, 0.717) is 0 Å². The molecular weight excluding hydrogens is 665 g/mol. The van der Waals surface area contributed by atoms with Gasteiger partial charge in [-0.1, -0.05) is 184 Å². The van der Waals surface area contributed by atoms with Crippen molar-refractivity contribution in [2.45, 2.75) is 19.3 Å². The second-order valence-corrected chi connectivity index (χ2v) is 15.0. The molecule has 55 heavy (non-hydrogen) atoms. The van der Waals surface area contributed by atoms with Gasteiger partial charge in [-0.25, -0.2) is 9.97 Å². The number of rotatable bonds is 6. The molecule has 0 bridgehead atoms. The van der Waals surface area contributed by atoms with Crippen LogP contribution in [0, 0.1) is 0 Å². The fourth-order valence-corrected chi connectivity index (χ4v) is 8.48. The number of hydrogen-bond acceptors (Lipinski definition) is 2. The van der Waals surface area contributed by atoms with Crippen LogP contribution < -0.4 is 0 Å². The molecule has 0 amide bonds. The van der Waals surface area contributed by atoms with E-state index in [2.05, 4.69) is 208 Å². The van der Waals surface area contributed by atoms with Gasteiger partial charge < -0.3 is 0 Å². The number of benzene rings is 8. The molecule has 0 N–H and O–H groups in total. The van der Waals surface area contributed by atoms with E-state index in [1.165, 1.54) is 49.7 Å². The molecular formula is C53H38N2. The van der Waals surface area contributed by atoms with E-state index in [1.807, 2.05) is 0 Å². The molecule has 0 saturated carbocycles. The van der Waals surface area contributed by atoms with Gasteiger partial charge in [-0.3, -0.25) is 0 Å². The summed E-state index contributed by atoms with van der Waals surface area (Å²) in [5.74, 6) is 0.733. The van der Waals surface area contributed by atoms with Crippen molar-refractivity contribution >= 4 is 10.8 Å². The minimum Gasteiger partial charge on any atom is -0.231 e. The van der Waals surface area contributed by atoms with Gasteiger partial charge in [-0.2, -0.15) is 0 Å². The molecule has 1 aliphatic carbocycles. The summed E-state index contributed by atoms with van der Waals surface area (Å²) in [6, 6.07) is 69.5. The summed E-state index contributed by atoms with van der Waals surface area (Å²) in [6.07, 6.45) is 0. The highest BCUT2D eigenvalue weighted by Crippen LogP contribution is 2.53. The molecule has 9 aromatic rings. The monoisotopic (exact) mass is 702 g/mol. The van der Waals surface area contributed by atoms with Crippen LogP contribution in [0.2, 0.25) is 0 Å². The van der Waals surface area contributed by atoms with Crippen LogP contribution in [0.5, 0.6) is 0 Å². The predicted molar refractivity (Wildman–Crippen MR) is 230 cm³/mol. The van der Waals surface area contributed by atoms with Crippen LogP contribution in [-0.4, -0.2) is 9.97 Å². The molecule has 0 saturated heterocycles. The van der Waals surface area contributed by atoms with Crippen LogP contribution in [-0.2, 0) is 5.41 Å². The standard InChI is InChI=1S/C53H38N2/c1-53(2)49-46-28-10-9-19-37(46)29-30-47(49)48-50(44-26-13-24-42(33-44)40-22-11-20-38(31-40)35-15-5-3-6-16-35)54-52(55-51(48)53)45-27-14-25-43(34-45)41-23-12-21-39(32-41)36-17-7-4-8-18-36/h3-34H,1-2H3. The van der Waals surface area contributed by atoms with Gasteiger partial charge >= 0.3 is 0 Å². The molecule has 10 rings (SSSR count). The van der Waals surface area contributed by atoms with Crippen LogP contribution in [0.15, 0.2) is 194 Å². The minimum absolute atomic E-state index is 0.346. The third-order valence-electron chi connectivity index (χ3n) is 11.2. The molecule has 260 valence electrons. The van der Waals surface area contributed by atoms with Crippen molar-refractivity contribution in [3.8, 4) is 78.3 Å². The first kappa shape index (κ1) is 32.7. The number of nitrogens with zero attached hydrogens (tertiary/aromatic N) is 2. The first-order chi connectivity index (χ1) is 27.0. The quantitative estimate of drug-likeness (QED) is 0.172. The fraction of sp³-hybridized carbons (Fsp3) is 0.0566. The Morgan fingerprint density at radius 1 is 0.364 bits per heavy atom. The lowest BCUT2D eigenvalue weighted by Gasteiger charge is -2.22. The zero-order valence-corrected chi connectivity index (χ0v) is 30.9. The summed E-state index contributed by atoms with van der Waals surface area (Å²) >= 11 is 0. The SMILES string of the molecule is CC1(C)c2nc(-c3cccc(-c4cccc(-c5ccccc5)c4)c3)nc(-c3cccc(-c4cccc(-c5ccccc5)c4)c3)c2-c2ccc3ccccc3c21. The van der Waals surface area contributed by atoms with E-state index in [0.717, 1.165) is 50.6 Å². The second kappa shape index (κ2) is 13.2. The maximum Gasteiger partial charge on any atom is 0.160 e. The Balaban J connectivity index is 1.15. The van der Waals surface area contributed by atoms with E-state index in [-0.39, 0.29) is 5.41 Å². The molecule has 0 unspecified atom stereocenters. The predicted octanol–water partition coefficient (Wildman–Crippen LogP) is 13.9. The van der Waals surface area contributed by atoms with Gasteiger partial charge in [-0.15, -0.1) is 0 Å². The highest BCUT2D eigenvalue weighted by Gasteiger charge is 2.41. The Bertz CT molecular complexity index is 2890.